The predicted octanol–water partition coefficient (Wildman–Crippen LogP) is 3.84. The lowest BCUT2D eigenvalue weighted by molar-refractivity contribution is 0.101. The zero-order valence-corrected chi connectivity index (χ0v) is 11.6. The van der Waals surface area contributed by atoms with E-state index in [1.54, 1.807) is 42.5 Å². The van der Waals surface area contributed by atoms with Crippen molar-refractivity contribution in [3.05, 3.63) is 59.9 Å². The van der Waals surface area contributed by atoms with Gasteiger partial charge in [-0.3, -0.25) is 4.79 Å². The van der Waals surface area contributed by atoms with Crippen molar-refractivity contribution in [2.75, 3.05) is 10.6 Å². The van der Waals surface area contributed by atoms with Crippen molar-refractivity contribution in [1.82, 2.24) is 0 Å². The number of hydrogen-bond donors (Lipinski definition) is 2. The van der Waals surface area contributed by atoms with E-state index >= 15 is 0 Å². The first kappa shape index (κ1) is 14.1. The minimum Gasteiger partial charge on any atom is -0.332 e. The fraction of sp³-hybridized carbons (Fsp3) is 0.0667. The Morgan fingerprint density at radius 1 is 1.05 bits per heavy atom. The second kappa shape index (κ2) is 6.25. The summed E-state index contributed by atoms with van der Waals surface area (Å²) in [6.45, 7) is 1.51. The Labute approximate surface area is 121 Å². The fourth-order valence-corrected chi connectivity index (χ4v) is 1.86. The molecule has 102 valence electrons. The quantitative estimate of drug-likeness (QED) is 0.665. The first-order valence-electron chi connectivity index (χ1n) is 6.00. The number of Topliss-reactive ketones (excluding diaryl/α,β-unsaturated/α-hetero) is 1. The van der Waals surface area contributed by atoms with E-state index in [1.807, 2.05) is 0 Å². The molecule has 0 unspecified atom stereocenters. The topological polar surface area (TPSA) is 41.1 Å². The Morgan fingerprint density at radius 2 is 1.70 bits per heavy atom. The molecule has 20 heavy (non-hydrogen) atoms. The third-order valence-corrected chi connectivity index (χ3v) is 2.88. The van der Waals surface area contributed by atoms with Gasteiger partial charge in [-0.15, -0.1) is 0 Å². The minimum absolute atomic E-state index is 0.00334. The molecular formula is C15H13FN2OS. The number of hydrogen-bond acceptors (Lipinski definition) is 2. The summed E-state index contributed by atoms with van der Waals surface area (Å²) in [6, 6.07) is 13.2. The van der Waals surface area contributed by atoms with E-state index in [1.165, 1.54) is 13.0 Å². The summed E-state index contributed by atoms with van der Waals surface area (Å²) in [6.07, 6.45) is 0. The molecule has 0 aliphatic rings. The zero-order chi connectivity index (χ0) is 14.5. The van der Waals surface area contributed by atoms with Crippen LogP contribution in [0.3, 0.4) is 0 Å². The lowest BCUT2D eigenvalue weighted by Crippen LogP contribution is -2.19. The third-order valence-electron chi connectivity index (χ3n) is 2.67. The van der Waals surface area contributed by atoms with Gasteiger partial charge in [0.25, 0.3) is 0 Å². The Morgan fingerprint density at radius 3 is 2.30 bits per heavy atom. The smallest absolute Gasteiger partial charge is 0.175 e. The van der Waals surface area contributed by atoms with Crippen LogP contribution < -0.4 is 10.6 Å². The van der Waals surface area contributed by atoms with Crippen LogP contribution in [0.25, 0.3) is 0 Å². The van der Waals surface area contributed by atoms with Gasteiger partial charge in [0, 0.05) is 11.3 Å². The minimum atomic E-state index is -0.372. The lowest BCUT2D eigenvalue weighted by atomic mass is 10.1. The summed E-state index contributed by atoms with van der Waals surface area (Å²) >= 11 is 5.11. The standard InChI is InChI=1S/C15H13FN2OS/c1-10(19)11-6-8-12(9-7-11)17-15(20)18-14-5-3-2-4-13(14)16/h2-9H,1H3,(H2,17,18,20). The van der Waals surface area contributed by atoms with Crippen LogP contribution in [0.4, 0.5) is 15.8 Å². The van der Waals surface area contributed by atoms with Gasteiger partial charge in [-0.05, 0) is 55.5 Å². The van der Waals surface area contributed by atoms with Gasteiger partial charge in [0.2, 0.25) is 0 Å². The van der Waals surface area contributed by atoms with E-state index in [9.17, 15) is 9.18 Å². The molecule has 0 spiro atoms. The zero-order valence-electron chi connectivity index (χ0n) is 10.8. The largest absolute Gasteiger partial charge is 0.332 e. The molecular weight excluding hydrogens is 275 g/mol. The van der Waals surface area contributed by atoms with E-state index in [2.05, 4.69) is 10.6 Å². The molecule has 2 N–H and O–H groups in total. The molecule has 3 nitrogen and oxygen atoms in total. The van der Waals surface area contributed by atoms with Gasteiger partial charge < -0.3 is 10.6 Å². The number of carbonyl (C=O) groups excluding carboxylic acids is 1. The number of ketones is 1. The van der Waals surface area contributed by atoms with E-state index in [0.29, 0.717) is 11.3 Å². The number of para-hydroxylation sites is 1. The molecule has 0 saturated heterocycles. The second-order valence-electron chi connectivity index (χ2n) is 4.19. The highest BCUT2D eigenvalue weighted by Crippen LogP contribution is 2.14. The van der Waals surface area contributed by atoms with Gasteiger partial charge in [-0.1, -0.05) is 12.1 Å². The van der Waals surface area contributed by atoms with Gasteiger partial charge in [0.1, 0.15) is 5.82 Å². The molecule has 0 heterocycles. The van der Waals surface area contributed by atoms with Gasteiger partial charge in [0.05, 0.1) is 5.69 Å². The van der Waals surface area contributed by atoms with Crippen LogP contribution in [0.15, 0.2) is 48.5 Å². The molecule has 2 aromatic carbocycles. The van der Waals surface area contributed by atoms with Crippen molar-refractivity contribution >= 4 is 34.5 Å². The fourth-order valence-electron chi connectivity index (χ4n) is 1.64. The molecule has 0 aliphatic heterocycles. The van der Waals surface area contributed by atoms with Gasteiger partial charge in [-0.25, -0.2) is 4.39 Å². The number of benzene rings is 2. The monoisotopic (exact) mass is 288 g/mol. The van der Waals surface area contributed by atoms with Crippen LogP contribution in [0, 0.1) is 5.82 Å². The average Bonchev–Trinajstić information content (AvgIpc) is 2.42. The summed E-state index contributed by atoms with van der Waals surface area (Å²) < 4.78 is 13.4. The van der Waals surface area contributed by atoms with Crippen LogP contribution in [-0.4, -0.2) is 10.9 Å². The molecule has 0 radical (unpaired) electrons. The SMILES string of the molecule is CC(=O)c1ccc(NC(=S)Nc2ccccc2F)cc1. The molecule has 5 heteroatoms. The van der Waals surface area contributed by atoms with Crippen molar-refractivity contribution < 1.29 is 9.18 Å². The van der Waals surface area contributed by atoms with E-state index in [-0.39, 0.29) is 16.7 Å². The normalized spacial score (nSPS) is 9.90. The number of anilines is 2. The number of carbonyl (C=O) groups is 1. The maximum absolute atomic E-state index is 13.4. The summed E-state index contributed by atoms with van der Waals surface area (Å²) in [5, 5.41) is 5.98. The van der Waals surface area contributed by atoms with E-state index in [0.717, 1.165) is 5.69 Å². The highest BCUT2D eigenvalue weighted by Gasteiger charge is 2.04. The van der Waals surface area contributed by atoms with Crippen LogP contribution in [0.5, 0.6) is 0 Å². The van der Waals surface area contributed by atoms with Crippen LogP contribution >= 0.6 is 12.2 Å². The van der Waals surface area contributed by atoms with Gasteiger partial charge in [0.15, 0.2) is 10.9 Å². The van der Waals surface area contributed by atoms with E-state index < -0.39 is 0 Å². The first-order chi connectivity index (χ1) is 9.56. The molecule has 0 aliphatic carbocycles. The predicted molar refractivity (Wildman–Crippen MR) is 82.7 cm³/mol. The average molecular weight is 288 g/mol. The number of rotatable bonds is 3. The summed E-state index contributed by atoms with van der Waals surface area (Å²) in [4.78, 5) is 11.2. The Kier molecular flexibility index (Phi) is 4.42. The van der Waals surface area contributed by atoms with Crippen molar-refractivity contribution in [3.8, 4) is 0 Å². The van der Waals surface area contributed by atoms with E-state index in [4.69, 9.17) is 12.2 Å². The van der Waals surface area contributed by atoms with Crippen molar-refractivity contribution in [1.29, 1.82) is 0 Å². The van der Waals surface area contributed by atoms with Crippen LogP contribution in [-0.2, 0) is 0 Å². The maximum Gasteiger partial charge on any atom is 0.175 e. The number of halogens is 1. The van der Waals surface area contributed by atoms with Crippen molar-refractivity contribution in [2.45, 2.75) is 6.92 Å². The van der Waals surface area contributed by atoms with Crippen LogP contribution in [0.1, 0.15) is 17.3 Å². The van der Waals surface area contributed by atoms with Crippen LogP contribution in [0.2, 0.25) is 0 Å². The van der Waals surface area contributed by atoms with Gasteiger partial charge in [-0.2, -0.15) is 0 Å². The summed E-state index contributed by atoms with van der Waals surface area (Å²) in [7, 11) is 0. The molecule has 2 aromatic rings. The molecule has 0 saturated carbocycles. The highest BCUT2D eigenvalue weighted by atomic mass is 32.1. The Balaban J connectivity index is 2.01. The maximum atomic E-state index is 13.4. The van der Waals surface area contributed by atoms with Crippen molar-refractivity contribution in [2.24, 2.45) is 0 Å². The summed E-state index contributed by atoms with van der Waals surface area (Å²) in [5.41, 5.74) is 1.66. The highest BCUT2D eigenvalue weighted by molar-refractivity contribution is 7.80. The molecule has 0 aromatic heterocycles. The first-order valence-corrected chi connectivity index (χ1v) is 6.40. The molecule has 2 rings (SSSR count). The molecule has 0 amide bonds. The number of thiocarbonyl (C=S) groups is 1. The lowest BCUT2D eigenvalue weighted by Gasteiger charge is -2.11. The third kappa shape index (κ3) is 3.61. The summed E-state index contributed by atoms with van der Waals surface area (Å²) in [5.74, 6) is -0.368. The number of nitrogens with one attached hydrogen (secondary N) is 2. The molecule has 0 atom stereocenters. The Hall–Kier alpha value is -2.27. The Bertz CT molecular complexity index is 641. The van der Waals surface area contributed by atoms with Crippen molar-refractivity contribution in [3.63, 3.8) is 0 Å². The second-order valence-corrected chi connectivity index (χ2v) is 4.60. The van der Waals surface area contributed by atoms with Gasteiger partial charge >= 0.3 is 0 Å². The molecule has 0 bridgehead atoms. The molecule has 0 fully saturated rings.